The summed E-state index contributed by atoms with van der Waals surface area (Å²) in [4.78, 5) is 0. The molecule has 0 saturated heterocycles. The van der Waals surface area contributed by atoms with Crippen molar-refractivity contribution in [3.8, 4) is 0 Å². The molecule has 0 aromatic rings. The van der Waals surface area contributed by atoms with Gasteiger partial charge in [0.2, 0.25) is 0 Å². The van der Waals surface area contributed by atoms with E-state index in [1.54, 1.807) is 0 Å². The van der Waals surface area contributed by atoms with Crippen molar-refractivity contribution in [1.82, 2.24) is 0 Å². The van der Waals surface area contributed by atoms with E-state index >= 15 is 0 Å². The Morgan fingerprint density at radius 1 is 0.923 bits per heavy atom. The predicted octanol–water partition coefficient (Wildman–Crippen LogP) is 2.88. The highest BCUT2D eigenvalue weighted by atomic mass is 31.2. The van der Waals surface area contributed by atoms with Crippen LogP contribution in [0.2, 0.25) is 0 Å². The molecular weight excluding hydrogens is 229 g/mol. The van der Waals surface area contributed by atoms with Gasteiger partial charge in [0.25, 0.3) is 0 Å². The number of rotatable bonds is 2. The molecule has 0 amide bonds. The van der Waals surface area contributed by atoms with E-state index in [1.807, 2.05) is 0 Å². The lowest BCUT2D eigenvalue weighted by atomic mass is 11.4. The Hall–Kier alpha value is -0.270. The fourth-order valence-electron chi connectivity index (χ4n) is 0.395. The van der Waals surface area contributed by atoms with Crippen LogP contribution in [0.3, 0.4) is 0 Å². The van der Waals surface area contributed by atoms with Crippen LogP contribution in [0.4, 0.5) is 26.3 Å². The van der Waals surface area contributed by atoms with E-state index in [2.05, 4.69) is 9.05 Å². The molecule has 3 nitrogen and oxygen atoms in total. The van der Waals surface area contributed by atoms with Gasteiger partial charge < -0.3 is 0 Å². The molecule has 0 atom stereocenters. The van der Waals surface area contributed by atoms with E-state index in [4.69, 9.17) is 0 Å². The number of hydrogen-bond acceptors (Lipinski definition) is 3. The summed E-state index contributed by atoms with van der Waals surface area (Å²) >= 11 is 0. The third-order valence-electron chi connectivity index (χ3n) is 0.539. The summed E-state index contributed by atoms with van der Waals surface area (Å²) in [5.74, 6) is 0. The molecule has 0 bridgehead atoms. The first kappa shape index (κ1) is 12.7. The van der Waals surface area contributed by atoms with E-state index in [0.717, 1.165) is 0 Å². The molecule has 0 rings (SSSR count). The van der Waals surface area contributed by atoms with Gasteiger partial charge in [-0.15, -0.1) is 26.3 Å². The summed E-state index contributed by atoms with van der Waals surface area (Å²) in [6.07, 6.45) is -10.9. The topological polar surface area (TPSA) is 35.5 Å². The summed E-state index contributed by atoms with van der Waals surface area (Å²) < 4.78 is 83.3. The van der Waals surface area contributed by atoms with Crippen LogP contribution in [0.1, 0.15) is 0 Å². The van der Waals surface area contributed by atoms with E-state index in [9.17, 15) is 30.9 Å². The van der Waals surface area contributed by atoms with Gasteiger partial charge in [-0.2, -0.15) is 0 Å². The summed E-state index contributed by atoms with van der Waals surface area (Å²) in [5, 5.41) is 0. The van der Waals surface area contributed by atoms with Crippen LogP contribution in [0.15, 0.2) is 0 Å². The zero-order chi connectivity index (χ0) is 10.9. The molecular formula is C3H3F6O3P. The molecule has 0 radical (unpaired) electrons. The molecule has 10 heteroatoms. The second-order valence-corrected chi connectivity index (χ2v) is 3.75. The maximum Gasteiger partial charge on any atom is 0.529 e. The van der Waals surface area contributed by atoms with Gasteiger partial charge in [0.1, 0.15) is 0 Å². The fraction of sp³-hybridized carbons (Fsp3) is 1.00. The monoisotopic (exact) mass is 232 g/mol. The minimum Gasteiger partial charge on any atom is -0.260 e. The van der Waals surface area contributed by atoms with Crippen LogP contribution in [-0.2, 0) is 13.6 Å². The molecule has 0 heterocycles. The van der Waals surface area contributed by atoms with Gasteiger partial charge in [-0.25, -0.2) is 9.05 Å². The number of hydrogen-bond donors (Lipinski definition) is 0. The minimum atomic E-state index is -5.43. The first-order valence-corrected chi connectivity index (χ1v) is 4.53. The van der Waals surface area contributed by atoms with Crippen LogP contribution in [-0.4, -0.2) is 19.4 Å². The van der Waals surface area contributed by atoms with Crippen molar-refractivity contribution in [1.29, 1.82) is 0 Å². The minimum absolute atomic E-state index is 0.0635. The molecule has 0 N–H and O–H groups in total. The number of alkyl halides is 6. The van der Waals surface area contributed by atoms with Crippen molar-refractivity contribution < 1.29 is 40.0 Å². The van der Waals surface area contributed by atoms with Crippen LogP contribution in [0.25, 0.3) is 0 Å². The number of halogens is 6. The van der Waals surface area contributed by atoms with Crippen LogP contribution >= 0.6 is 7.60 Å². The Labute approximate surface area is 68.2 Å². The SMILES string of the molecule is CP(=O)(OC(F)(F)F)OC(F)(F)F. The molecule has 0 unspecified atom stereocenters. The smallest absolute Gasteiger partial charge is 0.260 e. The maximum atomic E-state index is 11.3. The van der Waals surface area contributed by atoms with Gasteiger partial charge in [0.15, 0.2) is 0 Å². The van der Waals surface area contributed by atoms with Gasteiger partial charge in [0, 0.05) is 6.66 Å². The van der Waals surface area contributed by atoms with E-state index in [0.29, 0.717) is 0 Å². The van der Waals surface area contributed by atoms with E-state index < -0.39 is 20.3 Å². The van der Waals surface area contributed by atoms with Crippen molar-refractivity contribution >= 4 is 7.60 Å². The average Bonchev–Trinajstić information content (AvgIpc) is 1.43. The van der Waals surface area contributed by atoms with Crippen LogP contribution < -0.4 is 0 Å². The van der Waals surface area contributed by atoms with Crippen molar-refractivity contribution in [3.05, 3.63) is 0 Å². The highest BCUT2D eigenvalue weighted by Gasteiger charge is 2.45. The largest absolute Gasteiger partial charge is 0.529 e. The normalized spacial score (nSPS) is 14.7. The Morgan fingerprint density at radius 2 is 1.15 bits per heavy atom. The standard InChI is InChI=1S/C3H3F6O3P/c1-13(10,11-2(4,5)6)12-3(7,8)9/h1H3. The second kappa shape index (κ2) is 3.47. The lowest BCUT2D eigenvalue weighted by molar-refractivity contribution is -0.306. The molecule has 13 heavy (non-hydrogen) atoms. The summed E-state index contributed by atoms with van der Waals surface area (Å²) in [5.41, 5.74) is 0. The molecule has 0 fully saturated rings. The third-order valence-corrected chi connectivity index (χ3v) is 1.62. The first-order chi connectivity index (χ1) is 5.41. The van der Waals surface area contributed by atoms with Gasteiger partial charge in [-0.3, -0.25) is 4.57 Å². The van der Waals surface area contributed by atoms with Crippen LogP contribution in [0, 0.1) is 0 Å². The van der Waals surface area contributed by atoms with Crippen molar-refractivity contribution in [2.45, 2.75) is 12.7 Å². The maximum absolute atomic E-state index is 11.3. The Balaban J connectivity index is 4.35. The molecule has 0 aliphatic rings. The highest BCUT2D eigenvalue weighted by molar-refractivity contribution is 7.53. The van der Waals surface area contributed by atoms with Gasteiger partial charge >= 0.3 is 20.3 Å². The van der Waals surface area contributed by atoms with Crippen LogP contribution in [0.5, 0.6) is 0 Å². The van der Waals surface area contributed by atoms with E-state index in [1.165, 1.54) is 0 Å². The molecule has 0 saturated carbocycles. The van der Waals surface area contributed by atoms with Gasteiger partial charge in [-0.05, 0) is 0 Å². The molecule has 0 aromatic carbocycles. The quantitative estimate of drug-likeness (QED) is 0.542. The molecule has 0 aliphatic carbocycles. The summed E-state index contributed by atoms with van der Waals surface area (Å²) in [6.45, 7) is 0.0635. The van der Waals surface area contributed by atoms with Crippen molar-refractivity contribution in [3.63, 3.8) is 0 Å². The highest BCUT2D eigenvalue weighted by Crippen LogP contribution is 2.53. The Bertz CT molecular complexity index is 198. The lowest BCUT2D eigenvalue weighted by Gasteiger charge is -2.16. The van der Waals surface area contributed by atoms with Gasteiger partial charge in [-0.1, -0.05) is 0 Å². The van der Waals surface area contributed by atoms with E-state index in [-0.39, 0.29) is 6.66 Å². The molecule has 0 aliphatic heterocycles. The molecule has 0 aromatic heterocycles. The lowest BCUT2D eigenvalue weighted by Crippen LogP contribution is -2.17. The Kier molecular flexibility index (Phi) is 3.40. The van der Waals surface area contributed by atoms with Gasteiger partial charge in [0.05, 0.1) is 0 Å². The summed E-state index contributed by atoms with van der Waals surface area (Å²) in [6, 6.07) is 0. The first-order valence-electron chi connectivity index (χ1n) is 2.54. The van der Waals surface area contributed by atoms with Crippen molar-refractivity contribution in [2.75, 3.05) is 6.66 Å². The van der Waals surface area contributed by atoms with Crippen molar-refractivity contribution in [2.24, 2.45) is 0 Å². The molecule has 0 spiro atoms. The predicted molar refractivity (Wildman–Crippen MR) is 27.8 cm³/mol. The Morgan fingerprint density at radius 3 is 1.31 bits per heavy atom. The second-order valence-electron chi connectivity index (χ2n) is 1.85. The average molecular weight is 232 g/mol. The zero-order valence-electron chi connectivity index (χ0n) is 5.94. The third kappa shape index (κ3) is 8.07. The summed E-state index contributed by atoms with van der Waals surface area (Å²) in [7, 11) is -5.19. The fourth-order valence-corrected chi connectivity index (χ4v) is 1.18. The molecule has 80 valence electrons. The zero-order valence-corrected chi connectivity index (χ0v) is 6.83.